The van der Waals surface area contributed by atoms with E-state index in [1.807, 2.05) is 60.7 Å². The summed E-state index contributed by atoms with van der Waals surface area (Å²) in [5.41, 5.74) is 7.73. The van der Waals surface area contributed by atoms with Crippen LogP contribution in [0.5, 0.6) is 0 Å². The molecule has 0 fully saturated rings. The molecular weight excluding hydrogens is 416 g/mol. The molecule has 1 aromatic heterocycles. The van der Waals surface area contributed by atoms with Crippen LogP contribution in [0.2, 0.25) is 0 Å². The summed E-state index contributed by atoms with van der Waals surface area (Å²) in [6.45, 7) is 1.14. The number of pyridine rings is 1. The maximum absolute atomic E-state index is 12.3. The van der Waals surface area contributed by atoms with Crippen LogP contribution in [0.15, 0.2) is 84.5 Å². The standard InChI is InChI=1S/C26H26N4O3/c27-25(32)26(33)13-11-19(12-14-26)24(31)29-16-6-15-28-23-17-22(18-7-2-1-3-8-18)30-21-10-5-4-9-20(21)23/h1-5,7-13,17,33H,6,14-16H2,(H2,27,32)(H,28,30)(H,29,31). The van der Waals surface area contributed by atoms with Gasteiger partial charge >= 0.3 is 0 Å². The number of carbonyl (C=O) groups excluding carboxylic acids is 2. The first kappa shape index (κ1) is 22.2. The molecule has 4 rings (SSSR count). The molecule has 3 aromatic rings. The second-order valence-corrected chi connectivity index (χ2v) is 7.96. The molecule has 0 saturated carbocycles. The van der Waals surface area contributed by atoms with Crippen LogP contribution >= 0.6 is 0 Å². The van der Waals surface area contributed by atoms with Crippen molar-refractivity contribution in [1.29, 1.82) is 0 Å². The summed E-state index contributed by atoms with van der Waals surface area (Å²) in [5.74, 6) is -1.09. The van der Waals surface area contributed by atoms with Crippen molar-refractivity contribution in [3.8, 4) is 11.3 Å². The fraction of sp³-hybridized carbons (Fsp3) is 0.192. The topological polar surface area (TPSA) is 117 Å². The van der Waals surface area contributed by atoms with Crippen LogP contribution in [0.25, 0.3) is 22.2 Å². The molecule has 0 radical (unpaired) electrons. The number of benzene rings is 2. The lowest BCUT2D eigenvalue weighted by Crippen LogP contribution is -2.43. The Balaban J connectivity index is 1.34. The average Bonchev–Trinajstić information content (AvgIpc) is 2.84. The lowest BCUT2D eigenvalue weighted by Gasteiger charge is -2.22. The summed E-state index contributed by atoms with van der Waals surface area (Å²) < 4.78 is 0. The van der Waals surface area contributed by atoms with E-state index in [2.05, 4.69) is 10.6 Å². The monoisotopic (exact) mass is 442 g/mol. The van der Waals surface area contributed by atoms with E-state index in [0.717, 1.165) is 27.8 Å². The Morgan fingerprint density at radius 2 is 1.82 bits per heavy atom. The highest BCUT2D eigenvalue weighted by molar-refractivity contribution is 5.98. The van der Waals surface area contributed by atoms with Crippen molar-refractivity contribution in [2.75, 3.05) is 18.4 Å². The maximum Gasteiger partial charge on any atom is 0.253 e. The summed E-state index contributed by atoms with van der Waals surface area (Å²) in [6.07, 6.45) is 4.92. The Morgan fingerprint density at radius 3 is 2.55 bits per heavy atom. The minimum Gasteiger partial charge on any atom is -0.384 e. The third-order valence-corrected chi connectivity index (χ3v) is 5.60. The lowest BCUT2D eigenvalue weighted by molar-refractivity contribution is -0.131. The number of carbonyl (C=O) groups is 2. The molecule has 0 spiro atoms. The van der Waals surface area contributed by atoms with Crippen LogP contribution < -0.4 is 16.4 Å². The number of nitrogens with zero attached hydrogens (tertiary/aromatic N) is 1. The van der Waals surface area contributed by atoms with Gasteiger partial charge in [-0.05, 0) is 24.6 Å². The van der Waals surface area contributed by atoms with Crippen molar-refractivity contribution in [3.05, 3.63) is 84.5 Å². The van der Waals surface area contributed by atoms with Gasteiger partial charge in [0.2, 0.25) is 0 Å². The Hall–Kier alpha value is -3.97. The first-order valence-corrected chi connectivity index (χ1v) is 10.9. The zero-order valence-electron chi connectivity index (χ0n) is 18.1. The zero-order valence-corrected chi connectivity index (χ0v) is 18.1. The van der Waals surface area contributed by atoms with E-state index in [-0.39, 0.29) is 12.3 Å². The lowest BCUT2D eigenvalue weighted by atomic mass is 9.91. The Bertz CT molecular complexity index is 1240. The highest BCUT2D eigenvalue weighted by atomic mass is 16.3. The van der Waals surface area contributed by atoms with E-state index in [9.17, 15) is 14.7 Å². The first-order chi connectivity index (χ1) is 16.0. The second kappa shape index (κ2) is 9.67. The van der Waals surface area contributed by atoms with Gasteiger partial charge in [0.05, 0.1) is 11.2 Å². The van der Waals surface area contributed by atoms with Gasteiger partial charge in [-0.25, -0.2) is 4.98 Å². The number of aliphatic hydroxyl groups is 1. The van der Waals surface area contributed by atoms with Crippen LogP contribution in [0.3, 0.4) is 0 Å². The normalized spacial score (nSPS) is 17.4. The second-order valence-electron chi connectivity index (χ2n) is 7.96. The number of nitrogens with two attached hydrogens (primary N) is 1. The van der Waals surface area contributed by atoms with Gasteiger partial charge in [-0.2, -0.15) is 0 Å². The maximum atomic E-state index is 12.3. The van der Waals surface area contributed by atoms with E-state index in [1.54, 1.807) is 0 Å². The molecule has 1 unspecified atom stereocenters. The van der Waals surface area contributed by atoms with Crippen LogP contribution in [0, 0.1) is 0 Å². The minimum atomic E-state index is -1.72. The number of hydrogen-bond donors (Lipinski definition) is 4. The van der Waals surface area contributed by atoms with E-state index >= 15 is 0 Å². The molecule has 7 nitrogen and oxygen atoms in total. The zero-order chi connectivity index (χ0) is 23.3. The Morgan fingerprint density at radius 1 is 1.06 bits per heavy atom. The predicted octanol–water partition coefficient (Wildman–Crippen LogP) is 2.92. The molecule has 1 atom stereocenters. The number of hydrogen-bond acceptors (Lipinski definition) is 5. The van der Waals surface area contributed by atoms with E-state index in [1.165, 1.54) is 18.2 Å². The smallest absolute Gasteiger partial charge is 0.253 e. The number of primary amides is 1. The quantitative estimate of drug-likeness (QED) is 0.400. The molecule has 7 heteroatoms. The van der Waals surface area contributed by atoms with Gasteiger partial charge < -0.3 is 21.5 Å². The Kier molecular flexibility index (Phi) is 6.51. The van der Waals surface area contributed by atoms with Crippen molar-refractivity contribution in [2.24, 2.45) is 5.73 Å². The van der Waals surface area contributed by atoms with Gasteiger partial charge in [-0.3, -0.25) is 9.59 Å². The summed E-state index contributed by atoms with van der Waals surface area (Å²) in [4.78, 5) is 28.4. The van der Waals surface area contributed by atoms with Gasteiger partial charge in [-0.15, -0.1) is 0 Å². The number of fused-ring (bicyclic) bond motifs is 1. The molecule has 0 saturated heterocycles. The van der Waals surface area contributed by atoms with Crippen LogP contribution in [-0.4, -0.2) is 40.6 Å². The number of rotatable bonds is 8. The molecule has 33 heavy (non-hydrogen) atoms. The van der Waals surface area contributed by atoms with Gasteiger partial charge in [0.1, 0.15) is 0 Å². The van der Waals surface area contributed by atoms with Crippen molar-refractivity contribution >= 4 is 28.4 Å². The largest absolute Gasteiger partial charge is 0.384 e. The number of aromatic nitrogens is 1. The van der Waals surface area contributed by atoms with Gasteiger partial charge in [-0.1, -0.05) is 60.7 Å². The predicted molar refractivity (Wildman–Crippen MR) is 129 cm³/mol. The summed E-state index contributed by atoms with van der Waals surface area (Å²) in [6, 6.07) is 20.1. The van der Waals surface area contributed by atoms with Crippen molar-refractivity contribution in [1.82, 2.24) is 10.3 Å². The highest BCUT2D eigenvalue weighted by Gasteiger charge is 2.32. The molecule has 1 aliphatic carbocycles. The summed E-state index contributed by atoms with van der Waals surface area (Å²) in [7, 11) is 0. The molecule has 2 amide bonds. The van der Waals surface area contributed by atoms with Crippen LogP contribution in [0.1, 0.15) is 12.8 Å². The van der Waals surface area contributed by atoms with Gasteiger partial charge in [0, 0.05) is 41.7 Å². The highest BCUT2D eigenvalue weighted by Crippen LogP contribution is 2.28. The first-order valence-electron chi connectivity index (χ1n) is 10.9. The molecule has 168 valence electrons. The number of amides is 2. The molecule has 5 N–H and O–H groups in total. The molecule has 2 aromatic carbocycles. The Labute approximate surface area is 192 Å². The number of para-hydroxylation sites is 1. The summed E-state index contributed by atoms with van der Waals surface area (Å²) >= 11 is 0. The third-order valence-electron chi connectivity index (χ3n) is 5.60. The van der Waals surface area contributed by atoms with Crippen molar-refractivity contribution in [2.45, 2.75) is 18.4 Å². The summed E-state index contributed by atoms with van der Waals surface area (Å²) in [5, 5.41) is 17.4. The fourth-order valence-corrected chi connectivity index (χ4v) is 3.67. The van der Waals surface area contributed by atoms with E-state index < -0.39 is 11.5 Å². The van der Waals surface area contributed by atoms with Crippen molar-refractivity contribution in [3.63, 3.8) is 0 Å². The molecule has 0 aliphatic heterocycles. The minimum absolute atomic E-state index is 0.0119. The molecular formula is C26H26N4O3. The molecule has 0 bridgehead atoms. The van der Waals surface area contributed by atoms with Crippen LogP contribution in [0.4, 0.5) is 5.69 Å². The van der Waals surface area contributed by atoms with Gasteiger partial charge in [0.15, 0.2) is 5.60 Å². The average molecular weight is 443 g/mol. The molecule has 1 heterocycles. The van der Waals surface area contributed by atoms with Crippen molar-refractivity contribution < 1.29 is 14.7 Å². The fourth-order valence-electron chi connectivity index (χ4n) is 3.67. The molecule has 1 aliphatic rings. The number of anilines is 1. The van der Waals surface area contributed by atoms with E-state index in [0.29, 0.717) is 25.1 Å². The van der Waals surface area contributed by atoms with Gasteiger partial charge in [0.25, 0.3) is 11.8 Å². The van der Waals surface area contributed by atoms with Crippen LogP contribution in [-0.2, 0) is 9.59 Å². The SMILES string of the molecule is NC(=O)C1(O)C=CC(C(=O)NCCCNc2cc(-c3ccccc3)nc3ccccc23)=CC1. The third kappa shape index (κ3) is 5.10. The number of nitrogens with one attached hydrogen (secondary N) is 2. The van der Waals surface area contributed by atoms with E-state index in [4.69, 9.17) is 10.7 Å².